The molecule has 0 bridgehead atoms. The standard InChI is InChI=1S/C16H15ClN2O2/c17-9-4-5-13-11(8-9)15(16(20)19-13)18-12-2-1-3-14-10(12)6-7-21-14/h4-8,12,15,18H,1-3H2,(H,19,20). The van der Waals surface area contributed by atoms with E-state index in [1.165, 1.54) is 5.56 Å². The molecular formula is C16H15ClN2O2. The number of carbonyl (C=O) groups is 1. The van der Waals surface area contributed by atoms with E-state index < -0.39 is 0 Å². The summed E-state index contributed by atoms with van der Waals surface area (Å²) in [5.74, 6) is 1.01. The number of furan rings is 1. The molecule has 1 amide bonds. The molecule has 5 heteroatoms. The molecule has 1 aliphatic carbocycles. The van der Waals surface area contributed by atoms with Gasteiger partial charge in [0.05, 0.1) is 6.26 Å². The Bertz CT molecular complexity index is 710. The molecule has 2 aliphatic rings. The number of hydrogen-bond donors (Lipinski definition) is 2. The van der Waals surface area contributed by atoms with E-state index in [0.29, 0.717) is 5.02 Å². The summed E-state index contributed by atoms with van der Waals surface area (Å²) < 4.78 is 5.50. The van der Waals surface area contributed by atoms with Gasteiger partial charge in [-0.25, -0.2) is 0 Å². The summed E-state index contributed by atoms with van der Waals surface area (Å²) in [4.78, 5) is 12.2. The topological polar surface area (TPSA) is 54.3 Å². The predicted octanol–water partition coefficient (Wildman–Crippen LogP) is 3.59. The first-order valence-corrected chi connectivity index (χ1v) is 7.53. The summed E-state index contributed by atoms with van der Waals surface area (Å²) in [6.07, 6.45) is 4.77. The maximum atomic E-state index is 12.2. The van der Waals surface area contributed by atoms with Crippen molar-refractivity contribution in [3.05, 3.63) is 52.4 Å². The lowest BCUT2D eigenvalue weighted by atomic mass is 9.92. The van der Waals surface area contributed by atoms with Crippen LogP contribution < -0.4 is 10.6 Å². The molecule has 21 heavy (non-hydrogen) atoms. The van der Waals surface area contributed by atoms with Crippen molar-refractivity contribution in [2.75, 3.05) is 5.32 Å². The van der Waals surface area contributed by atoms with E-state index in [1.54, 1.807) is 12.3 Å². The number of benzene rings is 1. The van der Waals surface area contributed by atoms with Gasteiger partial charge in [0.25, 0.3) is 0 Å². The van der Waals surface area contributed by atoms with Gasteiger partial charge in [-0.15, -0.1) is 0 Å². The van der Waals surface area contributed by atoms with Crippen molar-refractivity contribution >= 4 is 23.2 Å². The van der Waals surface area contributed by atoms with Crippen LogP contribution in [0.3, 0.4) is 0 Å². The summed E-state index contributed by atoms with van der Waals surface area (Å²) in [5.41, 5.74) is 2.93. The van der Waals surface area contributed by atoms with E-state index in [9.17, 15) is 4.79 Å². The molecule has 0 saturated heterocycles. The Balaban J connectivity index is 1.65. The largest absolute Gasteiger partial charge is 0.469 e. The highest BCUT2D eigenvalue weighted by Gasteiger charge is 2.34. The van der Waals surface area contributed by atoms with Gasteiger partial charge < -0.3 is 9.73 Å². The summed E-state index contributed by atoms with van der Waals surface area (Å²) in [6, 6.07) is 7.28. The Morgan fingerprint density at radius 1 is 1.29 bits per heavy atom. The molecule has 2 N–H and O–H groups in total. The lowest BCUT2D eigenvalue weighted by Gasteiger charge is -2.25. The number of aryl methyl sites for hydroxylation is 1. The number of amides is 1. The molecule has 4 nitrogen and oxygen atoms in total. The van der Waals surface area contributed by atoms with E-state index in [2.05, 4.69) is 10.6 Å². The van der Waals surface area contributed by atoms with Crippen LogP contribution in [0.1, 0.15) is 41.8 Å². The van der Waals surface area contributed by atoms with E-state index in [-0.39, 0.29) is 18.0 Å². The van der Waals surface area contributed by atoms with E-state index in [4.69, 9.17) is 16.0 Å². The number of halogens is 1. The minimum Gasteiger partial charge on any atom is -0.469 e. The highest BCUT2D eigenvalue weighted by atomic mass is 35.5. The molecule has 0 spiro atoms. The van der Waals surface area contributed by atoms with Gasteiger partial charge in [-0.05, 0) is 37.1 Å². The van der Waals surface area contributed by atoms with Crippen LogP contribution in [-0.4, -0.2) is 5.91 Å². The second kappa shape index (κ2) is 4.90. The van der Waals surface area contributed by atoms with Crippen LogP contribution in [0, 0.1) is 0 Å². The van der Waals surface area contributed by atoms with Crippen molar-refractivity contribution in [1.29, 1.82) is 0 Å². The Hall–Kier alpha value is -1.78. The van der Waals surface area contributed by atoms with Crippen LogP contribution in [0.5, 0.6) is 0 Å². The molecular weight excluding hydrogens is 288 g/mol. The lowest BCUT2D eigenvalue weighted by molar-refractivity contribution is -0.117. The summed E-state index contributed by atoms with van der Waals surface area (Å²) in [5, 5.41) is 7.00. The van der Waals surface area contributed by atoms with Crippen LogP contribution in [-0.2, 0) is 11.2 Å². The maximum Gasteiger partial charge on any atom is 0.246 e. The van der Waals surface area contributed by atoms with Gasteiger partial charge in [0, 0.05) is 34.3 Å². The van der Waals surface area contributed by atoms with Crippen LogP contribution in [0.15, 0.2) is 34.9 Å². The molecule has 4 rings (SSSR count). The number of rotatable bonds is 2. The van der Waals surface area contributed by atoms with Crippen molar-refractivity contribution in [1.82, 2.24) is 5.32 Å². The summed E-state index contributed by atoms with van der Waals surface area (Å²) in [6.45, 7) is 0. The molecule has 108 valence electrons. The second-order valence-electron chi connectivity index (χ2n) is 5.56. The molecule has 2 unspecified atom stereocenters. The molecule has 0 saturated carbocycles. The third kappa shape index (κ3) is 2.15. The van der Waals surface area contributed by atoms with E-state index in [0.717, 1.165) is 36.3 Å². The lowest BCUT2D eigenvalue weighted by Crippen LogP contribution is -2.32. The van der Waals surface area contributed by atoms with Crippen molar-refractivity contribution < 1.29 is 9.21 Å². The Labute approximate surface area is 127 Å². The third-order valence-corrected chi connectivity index (χ3v) is 4.50. The van der Waals surface area contributed by atoms with E-state index >= 15 is 0 Å². The molecule has 2 aromatic rings. The first kappa shape index (κ1) is 12.9. The molecule has 0 fully saturated rings. The van der Waals surface area contributed by atoms with Gasteiger partial charge in [0.1, 0.15) is 11.8 Å². The molecule has 1 aromatic carbocycles. The van der Waals surface area contributed by atoms with Crippen molar-refractivity contribution in [3.8, 4) is 0 Å². The molecule has 0 radical (unpaired) electrons. The molecule has 2 atom stereocenters. The zero-order valence-electron chi connectivity index (χ0n) is 11.4. The number of fused-ring (bicyclic) bond motifs is 2. The number of hydrogen-bond acceptors (Lipinski definition) is 3. The quantitative estimate of drug-likeness (QED) is 0.891. The Morgan fingerprint density at radius 2 is 2.19 bits per heavy atom. The fourth-order valence-corrected chi connectivity index (χ4v) is 3.44. The summed E-state index contributed by atoms with van der Waals surface area (Å²) >= 11 is 6.06. The van der Waals surface area contributed by atoms with Crippen molar-refractivity contribution in [3.63, 3.8) is 0 Å². The molecule has 1 aliphatic heterocycles. The Morgan fingerprint density at radius 3 is 3.10 bits per heavy atom. The van der Waals surface area contributed by atoms with Gasteiger partial charge in [-0.3, -0.25) is 10.1 Å². The SMILES string of the molecule is O=C1Nc2ccc(Cl)cc2C1NC1CCCc2occc21. The zero-order chi connectivity index (χ0) is 14.4. The van der Waals surface area contributed by atoms with Gasteiger partial charge in [-0.2, -0.15) is 0 Å². The average molecular weight is 303 g/mol. The minimum absolute atomic E-state index is 0.0251. The van der Waals surface area contributed by atoms with E-state index in [1.807, 2.05) is 18.2 Å². The van der Waals surface area contributed by atoms with Crippen LogP contribution in [0.25, 0.3) is 0 Å². The molecule has 1 aromatic heterocycles. The molecule has 2 heterocycles. The third-order valence-electron chi connectivity index (χ3n) is 4.26. The van der Waals surface area contributed by atoms with Crippen molar-refractivity contribution in [2.45, 2.75) is 31.3 Å². The second-order valence-corrected chi connectivity index (χ2v) is 6.00. The van der Waals surface area contributed by atoms with Gasteiger partial charge >= 0.3 is 0 Å². The average Bonchev–Trinajstić information content (AvgIpc) is 3.05. The smallest absolute Gasteiger partial charge is 0.246 e. The maximum absolute atomic E-state index is 12.2. The highest BCUT2D eigenvalue weighted by Crippen LogP contribution is 2.37. The first-order valence-electron chi connectivity index (χ1n) is 7.15. The fraction of sp³-hybridized carbons (Fsp3) is 0.312. The number of nitrogens with one attached hydrogen (secondary N) is 2. The van der Waals surface area contributed by atoms with Crippen LogP contribution in [0.4, 0.5) is 5.69 Å². The highest BCUT2D eigenvalue weighted by molar-refractivity contribution is 6.31. The summed E-state index contributed by atoms with van der Waals surface area (Å²) in [7, 11) is 0. The Kier molecular flexibility index (Phi) is 3.01. The predicted molar refractivity (Wildman–Crippen MR) is 80.3 cm³/mol. The van der Waals surface area contributed by atoms with Crippen LogP contribution in [0.2, 0.25) is 5.02 Å². The van der Waals surface area contributed by atoms with Gasteiger partial charge in [0.2, 0.25) is 5.91 Å². The number of carbonyl (C=O) groups excluding carboxylic acids is 1. The first-order chi connectivity index (χ1) is 10.2. The number of anilines is 1. The fourth-order valence-electron chi connectivity index (χ4n) is 3.26. The monoisotopic (exact) mass is 302 g/mol. The van der Waals surface area contributed by atoms with Crippen LogP contribution >= 0.6 is 11.6 Å². The van der Waals surface area contributed by atoms with Gasteiger partial charge in [-0.1, -0.05) is 11.6 Å². The minimum atomic E-state index is -0.357. The van der Waals surface area contributed by atoms with Gasteiger partial charge in [0.15, 0.2) is 0 Å². The zero-order valence-corrected chi connectivity index (χ0v) is 12.1. The normalized spacial score (nSPS) is 23.6. The van der Waals surface area contributed by atoms with Crippen molar-refractivity contribution in [2.24, 2.45) is 0 Å².